The van der Waals surface area contributed by atoms with Gasteiger partial charge < -0.3 is 14.1 Å². The number of fused-ring (bicyclic) bond motifs is 1. The predicted octanol–water partition coefficient (Wildman–Crippen LogP) is 5.68. The van der Waals surface area contributed by atoms with E-state index in [0.29, 0.717) is 12.0 Å². The van der Waals surface area contributed by atoms with Gasteiger partial charge in [-0.25, -0.2) is 4.79 Å². The number of aromatic nitrogens is 1. The molecule has 9 nitrogen and oxygen atoms in total. The maximum Gasteiger partial charge on any atom is 0.356 e. The fourth-order valence-corrected chi connectivity index (χ4v) is 7.00. The van der Waals surface area contributed by atoms with Gasteiger partial charge in [-0.2, -0.15) is 0 Å². The average molecular weight is 556 g/mol. The lowest BCUT2D eigenvalue weighted by Crippen LogP contribution is -2.63. The molecule has 4 rings (SSSR count). The van der Waals surface area contributed by atoms with Crippen LogP contribution in [-0.4, -0.2) is 47.1 Å². The molecule has 0 radical (unpaired) electrons. The molecule has 0 spiro atoms. The number of nitro benzene ring substituents is 1. The number of benzene rings is 1. The SMILES string of the molecule is CC(O[Si](C)(C)C(C)(C)C)C1C(=O)N2C(C(=O)OCc3ccc([N+](=O)[O-])cc3)=C(Sc3ccncc3)C[C@H]12. The number of pyridine rings is 1. The minimum Gasteiger partial charge on any atom is -0.456 e. The number of amides is 1. The Morgan fingerprint density at radius 2 is 1.84 bits per heavy atom. The van der Waals surface area contributed by atoms with Crippen LogP contribution in [-0.2, 0) is 25.4 Å². The number of esters is 1. The van der Waals surface area contributed by atoms with E-state index in [4.69, 9.17) is 9.16 Å². The number of nitro groups is 1. The van der Waals surface area contributed by atoms with Gasteiger partial charge in [-0.15, -0.1) is 0 Å². The fraction of sp³-hybridized carbons (Fsp3) is 0.444. The van der Waals surface area contributed by atoms with E-state index in [1.54, 1.807) is 29.4 Å². The molecule has 0 bridgehead atoms. The van der Waals surface area contributed by atoms with Crippen LogP contribution < -0.4 is 0 Å². The molecular formula is C27H33N3O6SSi. The lowest BCUT2D eigenvalue weighted by molar-refractivity contribution is -0.384. The van der Waals surface area contributed by atoms with Crippen LogP contribution in [0.2, 0.25) is 18.1 Å². The van der Waals surface area contributed by atoms with Gasteiger partial charge in [0.05, 0.1) is 23.0 Å². The van der Waals surface area contributed by atoms with Gasteiger partial charge in [-0.05, 0) is 54.9 Å². The number of carbonyl (C=O) groups excluding carboxylic acids is 2. The zero-order valence-electron chi connectivity index (χ0n) is 22.5. The summed E-state index contributed by atoms with van der Waals surface area (Å²) in [6, 6.07) is 9.38. The molecule has 1 aromatic heterocycles. The van der Waals surface area contributed by atoms with Crippen molar-refractivity contribution in [3.63, 3.8) is 0 Å². The molecule has 2 unspecified atom stereocenters. The Hall–Kier alpha value is -3.02. The summed E-state index contributed by atoms with van der Waals surface area (Å²) in [6.45, 7) is 12.7. The number of β-lactam (4-membered cyclic amide) rings is 1. The first-order valence-electron chi connectivity index (χ1n) is 12.5. The van der Waals surface area contributed by atoms with Crippen LogP contribution in [0.5, 0.6) is 0 Å². The molecule has 0 aliphatic carbocycles. The van der Waals surface area contributed by atoms with E-state index in [9.17, 15) is 19.7 Å². The van der Waals surface area contributed by atoms with Crippen LogP contribution in [0, 0.1) is 16.0 Å². The highest BCUT2D eigenvalue weighted by Gasteiger charge is 2.58. The molecule has 3 heterocycles. The van der Waals surface area contributed by atoms with Crippen LogP contribution in [0.15, 0.2) is 64.3 Å². The first kappa shape index (κ1) is 28.0. The monoisotopic (exact) mass is 555 g/mol. The number of hydrogen-bond donors (Lipinski definition) is 0. The van der Waals surface area contributed by atoms with E-state index >= 15 is 0 Å². The normalized spacial score (nSPS) is 20.2. The van der Waals surface area contributed by atoms with E-state index in [1.165, 1.54) is 23.9 Å². The van der Waals surface area contributed by atoms with Gasteiger partial charge in [0, 0.05) is 40.7 Å². The van der Waals surface area contributed by atoms with Crippen molar-refractivity contribution in [1.82, 2.24) is 9.88 Å². The van der Waals surface area contributed by atoms with Crippen molar-refractivity contribution in [3.8, 4) is 0 Å². The largest absolute Gasteiger partial charge is 0.456 e. The Kier molecular flexibility index (Phi) is 7.83. The smallest absolute Gasteiger partial charge is 0.356 e. The average Bonchev–Trinajstić information content (AvgIpc) is 3.16. The van der Waals surface area contributed by atoms with Crippen LogP contribution in [0.1, 0.15) is 39.7 Å². The van der Waals surface area contributed by atoms with Gasteiger partial charge in [0.2, 0.25) is 5.91 Å². The molecule has 1 amide bonds. The summed E-state index contributed by atoms with van der Waals surface area (Å²) < 4.78 is 12.2. The maximum absolute atomic E-state index is 13.4. The van der Waals surface area contributed by atoms with Crippen molar-refractivity contribution in [2.24, 2.45) is 5.92 Å². The summed E-state index contributed by atoms with van der Waals surface area (Å²) in [5.74, 6) is -1.06. The molecule has 2 aliphatic rings. The Labute approximate surface area is 227 Å². The molecule has 2 aliphatic heterocycles. The van der Waals surface area contributed by atoms with Crippen molar-refractivity contribution < 1.29 is 23.7 Å². The number of thioether (sulfide) groups is 1. The Balaban J connectivity index is 1.53. The fourth-order valence-electron chi connectivity index (χ4n) is 4.49. The second-order valence-corrected chi connectivity index (χ2v) is 17.1. The number of non-ortho nitro benzene ring substituents is 1. The molecule has 1 saturated heterocycles. The molecule has 11 heteroatoms. The maximum atomic E-state index is 13.4. The van der Waals surface area contributed by atoms with Crippen molar-refractivity contribution in [1.29, 1.82) is 0 Å². The minimum absolute atomic E-state index is 0.0108. The molecule has 3 atom stereocenters. The standard InChI is InChI=1S/C27H33N3O6SSi/c1-17(36-38(5,6)27(2,3)4)23-21-15-22(37-20-11-13-28-14-12-20)24(29(21)25(23)31)26(32)35-16-18-7-9-19(10-8-18)30(33)34/h7-14,17,21,23H,15-16H2,1-6H3/t17?,21-,23?/m1/s1. The summed E-state index contributed by atoms with van der Waals surface area (Å²) in [5, 5.41) is 10.9. The van der Waals surface area contributed by atoms with Crippen molar-refractivity contribution in [2.75, 3.05) is 0 Å². The quantitative estimate of drug-likeness (QED) is 0.128. The number of nitrogens with zero attached hydrogens (tertiary/aromatic N) is 3. The zero-order valence-corrected chi connectivity index (χ0v) is 24.3. The molecule has 202 valence electrons. The van der Waals surface area contributed by atoms with Gasteiger partial charge in [0.25, 0.3) is 5.69 Å². The molecule has 1 fully saturated rings. The lowest BCUT2D eigenvalue weighted by Gasteiger charge is -2.48. The third kappa shape index (κ3) is 5.55. The predicted molar refractivity (Wildman–Crippen MR) is 146 cm³/mol. The summed E-state index contributed by atoms with van der Waals surface area (Å²) >= 11 is 1.43. The first-order valence-corrected chi connectivity index (χ1v) is 16.2. The molecule has 2 aromatic rings. The third-order valence-electron chi connectivity index (χ3n) is 7.56. The van der Waals surface area contributed by atoms with Gasteiger partial charge in [-0.3, -0.25) is 19.9 Å². The van der Waals surface area contributed by atoms with Gasteiger partial charge in [-0.1, -0.05) is 32.5 Å². The highest BCUT2D eigenvalue weighted by atomic mass is 32.2. The summed E-state index contributed by atoms with van der Waals surface area (Å²) in [4.78, 5) is 44.5. The molecule has 1 aromatic carbocycles. The van der Waals surface area contributed by atoms with E-state index in [-0.39, 0.29) is 47.0 Å². The zero-order chi connectivity index (χ0) is 27.8. The van der Waals surface area contributed by atoms with Crippen molar-refractivity contribution in [2.45, 2.75) is 75.9 Å². The Bertz CT molecular complexity index is 1260. The molecule has 38 heavy (non-hydrogen) atoms. The van der Waals surface area contributed by atoms with E-state index in [0.717, 1.165) is 9.80 Å². The molecular weight excluding hydrogens is 522 g/mol. The van der Waals surface area contributed by atoms with Gasteiger partial charge in [0.1, 0.15) is 12.3 Å². The third-order valence-corrected chi connectivity index (χ3v) is 13.2. The molecule has 0 N–H and O–H groups in total. The minimum atomic E-state index is -2.10. The van der Waals surface area contributed by atoms with Crippen LogP contribution in [0.3, 0.4) is 0 Å². The van der Waals surface area contributed by atoms with Gasteiger partial charge >= 0.3 is 5.97 Å². The van der Waals surface area contributed by atoms with E-state index in [2.05, 4.69) is 38.8 Å². The van der Waals surface area contributed by atoms with Crippen LogP contribution in [0.4, 0.5) is 5.69 Å². The molecule has 0 saturated carbocycles. The highest BCUT2D eigenvalue weighted by molar-refractivity contribution is 8.03. The van der Waals surface area contributed by atoms with E-state index in [1.807, 2.05) is 19.1 Å². The number of hydrogen-bond acceptors (Lipinski definition) is 8. The second-order valence-electron chi connectivity index (χ2n) is 11.1. The second kappa shape index (κ2) is 10.6. The van der Waals surface area contributed by atoms with Crippen LogP contribution >= 0.6 is 11.8 Å². The van der Waals surface area contributed by atoms with E-state index < -0.39 is 19.2 Å². The van der Waals surface area contributed by atoms with Crippen LogP contribution in [0.25, 0.3) is 0 Å². The van der Waals surface area contributed by atoms with Crippen molar-refractivity contribution >= 4 is 37.6 Å². The Morgan fingerprint density at radius 1 is 1.21 bits per heavy atom. The lowest BCUT2D eigenvalue weighted by atomic mass is 9.83. The number of rotatable bonds is 9. The number of carbonyl (C=O) groups is 2. The Morgan fingerprint density at radius 3 is 2.42 bits per heavy atom. The first-order chi connectivity index (χ1) is 17.8. The summed E-state index contributed by atoms with van der Waals surface area (Å²) in [5.41, 5.74) is 0.842. The number of ether oxygens (including phenoxy) is 1. The highest BCUT2D eigenvalue weighted by Crippen LogP contribution is 2.50. The van der Waals surface area contributed by atoms with Gasteiger partial charge in [0.15, 0.2) is 8.32 Å². The van der Waals surface area contributed by atoms with Crippen molar-refractivity contribution in [3.05, 3.63) is 75.1 Å². The summed E-state index contributed by atoms with van der Waals surface area (Å²) in [7, 11) is -2.10. The topological polar surface area (TPSA) is 112 Å². The summed E-state index contributed by atoms with van der Waals surface area (Å²) in [6.07, 6.45) is 3.63.